The van der Waals surface area contributed by atoms with Crippen molar-refractivity contribution >= 4 is 44.9 Å². The van der Waals surface area contributed by atoms with E-state index in [-0.39, 0.29) is 15.9 Å². The molecule has 0 aliphatic rings. The molecule has 0 heterocycles. The van der Waals surface area contributed by atoms with Gasteiger partial charge in [-0.3, -0.25) is 14.9 Å². The Labute approximate surface area is 193 Å². The highest BCUT2D eigenvalue weighted by atomic mass is 32.2. The smallest absolute Gasteiger partial charge is 0.264 e. The van der Waals surface area contributed by atoms with E-state index in [4.69, 9.17) is 17.0 Å². The summed E-state index contributed by atoms with van der Waals surface area (Å²) in [6.45, 7) is 3.92. The number of unbranched alkanes of at least 4 members (excludes halogenated alkanes) is 3. The van der Waals surface area contributed by atoms with E-state index in [1.54, 1.807) is 24.3 Å². The number of amides is 2. The zero-order valence-electron chi connectivity index (χ0n) is 18.0. The fourth-order valence-corrected chi connectivity index (χ4v) is 3.93. The number of nitrogens with one attached hydrogen (secondary N) is 3. The number of sulfonamides is 1. The van der Waals surface area contributed by atoms with Crippen molar-refractivity contribution in [3.05, 3.63) is 54.1 Å². The lowest BCUT2D eigenvalue weighted by Gasteiger charge is -2.11. The maximum absolute atomic E-state index is 12.4. The molecule has 0 aliphatic heterocycles. The molecule has 2 aromatic carbocycles. The van der Waals surface area contributed by atoms with Crippen LogP contribution in [0.25, 0.3) is 0 Å². The molecule has 8 nitrogen and oxygen atoms in total. The first kappa shape index (κ1) is 25.3. The van der Waals surface area contributed by atoms with Gasteiger partial charge < -0.3 is 10.1 Å². The second-order valence-electron chi connectivity index (χ2n) is 7.03. The summed E-state index contributed by atoms with van der Waals surface area (Å²) in [6, 6.07) is 12.4. The molecule has 32 heavy (non-hydrogen) atoms. The third-order valence-corrected chi connectivity index (χ3v) is 5.96. The Hall–Kier alpha value is -2.98. The van der Waals surface area contributed by atoms with Crippen LogP contribution in [-0.4, -0.2) is 32.0 Å². The number of thiocarbonyl (C=S) groups is 1. The van der Waals surface area contributed by atoms with Crippen molar-refractivity contribution in [3.63, 3.8) is 0 Å². The Morgan fingerprint density at radius 2 is 1.62 bits per heavy atom. The predicted octanol–water partition coefficient (Wildman–Crippen LogP) is 3.60. The van der Waals surface area contributed by atoms with Gasteiger partial charge >= 0.3 is 0 Å². The van der Waals surface area contributed by atoms with Crippen molar-refractivity contribution in [1.82, 2.24) is 10.0 Å². The number of carbonyl (C=O) groups excluding carboxylic acids is 2. The predicted molar refractivity (Wildman–Crippen MR) is 127 cm³/mol. The monoisotopic (exact) mass is 477 g/mol. The van der Waals surface area contributed by atoms with E-state index in [0.717, 1.165) is 19.8 Å². The molecular weight excluding hydrogens is 450 g/mol. The molecule has 0 saturated heterocycles. The molecule has 10 heteroatoms. The molecule has 2 rings (SSSR count). The van der Waals surface area contributed by atoms with Crippen LogP contribution in [0.15, 0.2) is 53.4 Å². The van der Waals surface area contributed by atoms with Crippen molar-refractivity contribution in [3.8, 4) is 5.75 Å². The normalized spacial score (nSPS) is 10.8. The van der Waals surface area contributed by atoms with Crippen molar-refractivity contribution in [1.29, 1.82) is 0 Å². The highest BCUT2D eigenvalue weighted by Gasteiger charge is 2.15. The molecule has 2 aromatic rings. The third-order valence-electron chi connectivity index (χ3n) is 4.31. The average molecular weight is 478 g/mol. The van der Waals surface area contributed by atoms with Crippen LogP contribution in [0.2, 0.25) is 0 Å². The first-order valence-corrected chi connectivity index (χ1v) is 12.1. The fourth-order valence-electron chi connectivity index (χ4n) is 2.72. The molecule has 0 atom stereocenters. The summed E-state index contributed by atoms with van der Waals surface area (Å²) in [4.78, 5) is 23.3. The Bertz CT molecular complexity index is 1040. The van der Waals surface area contributed by atoms with E-state index in [2.05, 4.69) is 17.6 Å². The Kier molecular flexibility index (Phi) is 9.61. The van der Waals surface area contributed by atoms with Crippen LogP contribution in [0.1, 0.15) is 49.9 Å². The van der Waals surface area contributed by atoms with E-state index >= 15 is 0 Å². The molecule has 0 aromatic heterocycles. The van der Waals surface area contributed by atoms with Gasteiger partial charge in [0.15, 0.2) is 5.11 Å². The number of anilines is 1. The van der Waals surface area contributed by atoms with E-state index < -0.39 is 15.9 Å². The SMILES string of the molecule is CCCCCCOc1ccc(C(=O)NC(=S)Nc2ccc(S(=O)(=O)NC(C)=O)cc2)cc1. The van der Waals surface area contributed by atoms with Crippen molar-refractivity contribution in [2.75, 3.05) is 11.9 Å². The van der Waals surface area contributed by atoms with Crippen LogP contribution in [0, 0.1) is 0 Å². The molecule has 3 N–H and O–H groups in total. The maximum Gasteiger partial charge on any atom is 0.264 e. The molecule has 0 fully saturated rings. The first-order valence-electron chi connectivity index (χ1n) is 10.2. The zero-order chi connectivity index (χ0) is 23.6. The fraction of sp³-hybridized carbons (Fsp3) is 0.318. The number of ether oxygens (including phenoxy) is 1. The van der Waals surface area contributed by atoms with Crippen molar-refractivity contribution < 1.29 is 22.7 Å². The van der Waals surface area contributed by atoms with E-state index in [1.807, 2.05) is 4.72 Å². The summed E-state index contributed by atoms with van der Waals surface area (Å²) >= 11 is 5.15. The van der Waals surface area contributed by atoms with Crippen LogP contribution in [0.4, 0.5) is 5.69 Å². The van der Waals surface area contributed by atoms with E-state index in [0.29, 0.717) is 23.6 Å². The molecule has 0 spiro atoms. The summed E-state index contributed by atoms with van der Waals surface area (Å²) < 4.78 is 31.5. The van der Waals surface area contributed by atoms with Crippen LogP contribution in [-0.2, 0) is 14.8 Å². The minimum atomic E-state index is -3.91. The molecule has 0 saturated carbocycles. The van der Waals surface area contributed by atoms with Crippen LogP contribution < -0.4 is 20.1 Å². The van der Waals surface area contributed by atoms with Crippen molar-refractivity contribution in [2.45, 2.75) is 44.4 Å². The van der Waals surface area contributed by atoms with Gasteiger partial charge in [0, 0.05) is 18.2 Å². The molecule has 2 amide bonds. The van der Waals surface area contributed by atoms with Gasteiger partial charge in [0.25, 0.3) is 15.9 Å². The molecular formula is C22H27N3O5S2. The van der Waals surface area contributed by atoms with Crippen LogP contribution in [0.3, 0.4) is 0 Å². The van der Waals surface area contributed by atoms with Gasteiger partial charge in [0.2, 0.25) is 5.91 Å². The van der Waals surface area contributed by atoms with Gasteiger partial charge in [-0.2, -0.15) is 0 Å². The van der Waals surface area contributed by atoms with Gasteiger partial charge in [-0.15, -0.1) is 0 Å². The van der Waals surface area contributed by atoms with Crippen molar-refractivity contribution in [2.24, 2.45) is 0 Å². The number of rotatable bonds is 10. The third kappa shape index (κ3) is 8.27. The number of hydrogen-bond donors (Lipinski definition) is 3. The van der Waals surface area contributed by atoms with Gasteiger partial charge in [-0.25, -0.2) is 13.1 Å². The van der Waals surface area contributed by atoms with Crippen LogP contribution in [0.5, 0.6) is 5.75 Å². The standard InChI is InChI=1S/C22H27N3O5S2/c1-3-4-5-6-15-30-19-11-7-17(8-12-19)21(27)24-22(31)23-18-9-13-20(14-10-18)32(28,29)25-16(2)26/h7-14H,3-6,15H2,1-2H3,(H,25,26)(H2,23,24,27,31). The van der Waals surface area contributed by atoms with E-state index in [1.165, 1.54) is 37.1 Å². The van der Waals surface area contributed by atoms with Gasteiger partial charge in [-0.1, -0.05) is 26.2 Å². The highest BCUT2D eigenvalue weighted by molar-refractivity contribution is 7.90. The quantitative estimate of drug-likeness (QED) is 0.354. The second kappa shape index (κ2) is 12.2. The lowest BCUT2D eigenvalue weighted by Crippen LogP contribution is -2.34. The van der Waals surface area contributed by atoms with E-state index in [9.17, 15) is 18.0 Å². The van der Waals surface area contributed by atoms with Crippen LogP contribution >= 0.6 is 12.2 Å². The largest absolute Gasteiger partial charge is 0.494 e. The lowest BCUT2D eigenvalue weighted by atomic mass is 10.2. The highest BCUT2D eigenvalue weighted by Crippen LogP contribution is 2.15. The number of hydrogen-bond acceptors (Lipinski definition) is 6. The minimum Gasteiger partial charge on any atom is -0.494 e. The Morgan fingerprint density at radius 3 is 2.22 bits per heavy atom. The summed E-state index contributed by atoms with van der Waals surface area (Å²) in [5.74, 6) is -0.363. The number of benzene rings is 2. The molecule has 0 radical (unpaired) electrons. The zero-order valence-corrected chi connectivity index (χ0v) is 19.6. The lowest BCUT2D eigenvalue weighted by molar-refractivity contribution is -0.117. The Morgan fingerprint density at radius 1 is 0.969 bits per heavy atom. The molecule has 172 valence electrons. The first-order chi connectivity index (χ1) is 15.2. The molecule has 0 aliphatic carbocycles. The molecule has 0 unspecified atom stereocenters. The second-order valence-corrected chi connectivity index (χ2v) is 9.12. The average Bonchev–Trinajstić information content (AvgIpc) is 2.73. The van der Waals surface area contributed by atoms with Gasteiger partial charge in [0.05, 0.1) is 11.5 Å². The van der Waals surface area contributed by atoms with Gasteiger partial charge in [-0.05, 0) is 67.2 Å². The minimum absolute atomic E-state index is 0.0590. The summed E-state index contributed by atoms with van der Waals surface area (Å²) in [5.41, 5.74) is 0.896. The summed E-state index contributed by atoms with van der Waals surface area (Å²) in [5, 5.41) is 5.44. The molecule has 0 bridgehead atoms. The summed E-state index contributed by atoms with van der Waals surface area (Å²) in [7, 11) is -3.91. The topological polar surface area (TPSA) is 114 Å². The number of carbonyl (C=O) groups is 2. The Balaban J connectivity index is 1.86. The van der Waals surface area contributed by atoms with Gasteiger partial charge in [0.1, 0.15) is 5.75 Å². The maximum atomic E-state index is 12.4. The summed E-state index contributed by atoms with van der Waals surface area (Å²) in [6.07, 6.45) is 4.49.